The topological polar surface area (TPSA) is 62.0 Å². The van der Waals surface area contributed by atoms with Crippen molar-refractivity contribution in [1.29, 1.82) is 0 Å². The number of hydrogen-bond donors (Lipinski definition) is 0. The highest BCUT2D eigenvalue weighted by Gasteiger charge is 2.41. The van der Waals surface area contributed by atoms with Gasteiger partial charge in [-0.05, 0) is 74.5 Å². The van der Waals surface area contributed by atoms with Crippen LogP contribution < -0.4 is 9.47 Å². The quantitative estimate of drug-likeness (QED) is 0.0842. The van der Waals surface area contributed by atoms with Gasteiger partial charge in [0.1, 0.15) is 36.9 Å². The second-order valence-corrected chi connectivity index (χ2v) is 11.9. The van der Waals surface area contributed by atoms with Crippen LogP contribution in [0.1, 0.15) is 22.3 Å². The molecule has 0 saturated carbocycles. The van der Waals surface area contributed by atoms with Crippen LogP contribution >= 0.6 is 0 Å². The predicted octanol–water partition coefficient (Wildman–Crippen LogP) is 6.47. The number of hydrogen-bond acceptors (Lipinski definition) is 6. The van der Waals surface area contributed by atoms with E-state index >= 15 is 0 Å². The maximum absolute atomic E-state index is 6.04. The van der Waals surface area contributed by atoms with Crippen molar-refractivity contribution in [2.75, 3.05) is 52.9 Å². The molecule has 2 unspecified atom stereocenters. The van der Waals surface area contributed by atoms with E-state index in [2.05, 4.69) is 97.1 Å². The lowest BCUT2D eigenvalue weighted by molar-refractivity contribution is 0.0878. The molecule has 2 heterocycles. The summed E-state index contributed by atoms with van der Waals surface area (Å²) < 4.78 is 33.8. The van der Waals surface area contributed by atoms with E-state index in [4.69, 9.17) is 28.4 Å². The molecule has 5 aromatic rings. The highest BCUT2D eigenvalue weighted by molar-refractivity contribution is 6.12. The van der Waals surface area contributed by atoms with Crippen LogP contribution in [-0.4, -0.2) is 65.1 Å². The van der Waals surface area contributed by atoms with E-state index in [1.165, 1.54) is 43.8 Å². The van der Waals surface area contributed by atoms with Gasteiger partial charge in [0.2, 0.25) is 0 Å². The van der Waals surface area contributed by atoms with Gasteiger partial charge < -0.3 is 28.4 Å². The average molecular weight is 589 g/mol. The summed E-state index contributed by atoms with van der Waals surface area (Å²) in [6.07, 6.45) is 1.39. The average Bonchev–Trinajstić information content (AvgIpc) is 4.01. The Morgan fingerprint density at radius 3 is 1.64 bits per heavy atom. The molecule has 0 spiro atoms. The Labute approximate surface area is 257 Å². The van der Waals surface area contributed by atoms with E-state index in [1.807, 2.05) is 0 Å². The van der Waals surface area contributed by atoms with Crippen LogP contribution in [0, 0.1) is 0 Å². The third-order valence-corrected chi connectivity index (χ3v) is 8.99. The fourth-order valence-electron chi connectivity index (χ4n) is 6.66. The molecule has 2 aliphatic heterocycles. The van der Waals surface area contributed by atoms with E-state index in [-0.39, 0.29) is 17.6 Å². The van der Waals surface area contributed by atoms with Gasteiger partial charge in [-0.2, -0.15) is 0 Å². The zero-order valence-corrected chi connectivity index (χ0v) is 24.7. The second-order valence-electron chi connectivity index (χ2n) is 11.9. The summed E-state index contributed by atoms with van der Waals surface area (Å²) in [4.78, 5) is 0. The summed E-state index contributed by atoms with van der Waals surface area (Å²) in [6.45, 7) is 4.99. The van der Waals surface area contributed by atoms with Crippen LogP contribution in [0.25, 0.3) is 21.5 Å². The lowest BCUT2D eigenvalue weighted by atomic mass is 9.62. The SMILES string of the molecule is c1cc2c3c(c1)ccc1cccc(c13)C(c1ccc(OCCOCC3CO3)cc1)(c1ccc(OCCOCC3CO3)cc1)C2. The Hall–Kier alpha value is -3.94. The van der Waals surface area contributed by atoms with Crippen LogP contribution in [0.5, 0.6) is 11.5 Å². The summed E-state index contributed by atoms with van der Waals surface area (Å²) in [5.74, 6) is 1.68. The van der Waals surface area contributed by atoms with Crippen LogP contribution in [0.15, 0.2) is 97.1 Å². The maximum Gasteiger partial charge on any atom is 0.119 e. The summed E-state index contributed by atoms with van der Waals surface area (Å²) in [7, 11) is 0. The third-order valence-electron chi connectivity index (χ3n) is 8.99. The molecule has 1 aliphatic carbocycles. The molecule has 224 valence electrons. The highest BCUT2D eigenvalue weighted by atomic mass is 16.6. The Bertz CT molecular complexity index is 1690. The molecule has 2 fully saturated rings. The van der Waals surface area contributed by atoms with E-state index in [0.717, 1.165) is 31.1 Å². The van der Waals surface area contributed by atoms with Crippen molar-refractivity contribution in [2.24, 2.45) is 0 Å². The molecule has 0 radical (unpaired) electrons. The molecular weight excluding hydrogens is 552 g/mol. The molecule has 2 atom stereocenters. The Balaban J connectivity index is 1.12. The Morgan fingerprint density at radius 2 is 1.09 bits per heavy atom. The molecule has 0 aromatic heterocycles. The van der Waals surface area contributed by atoms with Gasteiger partial charge in [0.25, 0.3) is 0 Å². The first kappa shape index (κ1) is 27.6. The van der Waals surface area contributed by atoms with Gasteiger partial charge >= 0.3 is 0 Å². The summed E-state index contributed by atoms with van der Waals surface area (Å²) >= 11 is 0. The minimum Gasteiger partial charge on any atom is -0.491 e. The predicted molar refractivity (Wildman–Crippen MR) is 170 cm³/mol. The van der Waals surface area contributed by atoms with Crippen molar-refractivity contribution in [3.8, 4) is 11.5 Å². The molecule has 2 saturated heterocycles. The number of epoxide rings is 2. The van der Waals surface area contributed by atoms with Crippen LogP contribution in [0.4, 0.5) is 0 Å². The van der Waals surface area contributed by atoms with Gasteiger partial charge in [-0.25, -0.2) is 0 Å². The second kappa shape index (κ2) is 11.9. The van der Waals surface area contributed by atoms with Crippen molar-refractivity contribution in [1.82, 2.24) is 0 Å². The minimum atomic E-state index is -0.389. The van der Waals surface area contributed by atoms with Crippen LogP contribution in [0.2, 0.25) is 0 Å². The molecule has 6 nitrogen and oxygen atoms in total. The molecule has 0 N–H and O–H groups in total. The largest absolute Gasteiger partial charge is 0.491 e. The monoisotopic (exact) mass is 588 g/mol. The minimum absolute atomic E-state index is 0.267. The maximum atomic E-state index is 6.04. The van der Waals surface area contributed by atoms with E-state index < -0.39 is 0 Å². The first-order chi connectivity index (χ1) is 21.8. The Morgan fingerprint density at radius 1 is 0.568 bits per heavy atom. The fourth-order valence-corrected chi connectivity index (χ4v) is 6.66. The van der Waals surface area contributed by atoms with E-state index in [1.54, 1.807) is 0 Å². The van der Waals surface area contributed by atoms with E-state index in [9.17, 15) is 0 Å². The van der Waals surface area contributed by atoms with Crippen molar-refractivity contribution in [3.05, 3.63) is 119 Å². The normalized spacial score (nSPS) is 21.5. The molecule has 44 heavy (non-hydrogen) atoms. The lowest BCUT2D eigenvalue weighted by Gasteiger charge is -2.40. The molecule has 0 amide bonds. The van der Waals surface area contributed by atoms with E-state index in [0.29, 0.717) is 39.6 Å². The van der Waals surface area contributed by atoms with Crippen molar-refractivity contribution >= 4 is 21.5 Å². The standard InChI is InChI=1S/C38H36O6/c1-3-26-7-8-27-4-2-6-35-37(27)36(26)28(5-1)21-38(35,29-9-13-31(14-10-29)41-19-17-39-22-33-24-43-33)30-11-15-32(16-12-30)42-20-18-40-23-34-25-44-34/h1-16,33-34H,17-25H2. The number of rotatable bonds is 14. The zero-order chi connectivity index (χ0) is 29.3. The summed E-state index contributed by atoms with van der Waals surface area (Å²) in [6, 6.07) is 35.2. The fraction of sp³-hybridized carbons (Fsp3) is 0.316. The number of benzene rings is 5. The zero-order valence-electron chi connectivity index (χ0n) is 24.7. The molecule has 3 aliphatic rings. The Kier molecular flexibility index (Phi) is 7.44. The van der Waals surface area contributed by atoms with Crippen molar-refractivity contribution in [2.45, 2.75) is 24.0 Å². The number of ether oxygens (including phenoxy) is 6. The van der Waals surface area contributed by atoms with Gasteiger partial charge in [0, 0.05) is 5.41 Å². The molecule has 5 aromatic carbocycles. The molecule has 6 heteroatoms. The first-order valence-corrected chi connectivity index (χ1v) is 15.6. The van der Waals surface area contributed by atoms with Gasteiger partial charge in [-0.1, -0.05) is 72.8 Å². The van der Waals surface area contributed by atoms with Gasteiger partial charge in [0.05, 0.1) is 39.6 Å². The van der Waals surface area contributed by atoms with Gasteiger partial charge in [-0.15, -0.1) is 0 Å². The summed E-state index contributed by atoms with van der Waals surface area (Å²) in [5.41, 5.74) is 4.76. The molecule has 8 rings (SSSR count). The van der Waals surface area contributed by atoms with Crippen molar-refractivity contribution in [3.63, 3.8) is 0 Å². The molecule has 0 bridgehead atoms. The lowest BCUT2D eigenvalue weighted by Crippen LogP contribution is -2.34. The van der Waals surface area contributed by atoms with Crippen LogP contribution in [-0.2, 0) is 30.8 Å². The smallest absolute Gasteiger partial charge is 0.119 e. The van der Waals surface area contributed by atoms with Crippen LogP contribution in [0.3, 0.4) is 0 Å². The van der Waals surface area contributed by atoms with Crippen molar-refractivity contribution < 1.29 is 28.4 Å². The van der Waals surface area contributed by atoms with Gasteiger partial charge in [0.15, 0.2) is 0 Å². The molecular formula is C38H36O6. The highest BCUT2D eigenvalue weighted by Crippen LogP contribution is 2.51. The van der Waals surface area contributed by atoms with Gasteiger partial charge in [-0.3, -0.25) is 0 Å². The summed E-state index contributed by atoms with van der Waals surface area (Å²) in [5, 5.41) is 5.25. The first-order valence-electron chi connectivity index (χ1n) is 15.6. The third kappa shape index (κ3) is 5.44.